The van der Waals surface area contributed by atoms with Crippen molar-refractivity contribution in [2.24, 2.45) is 5.92 Å². The fourth-order valence-corrected chi connectivity index (χ4v) is 1.68. The van der Waals surface area contributed by atoms with Crippen LogP contribution in [-0.2, 0) is 4.79 Å². The fourth-order valence-electron chi connectivity index (χ4n) is 1.68. The van der Waals surface area contributed by atoms with Crippen LogP contribution in [0.2, 0.25) is 0 Å². The molecule has 0 saturated carbocycles. The number of anilines is 2. The molecule has 0 saturated heterocycles. The molecule has 0 fully saturated rings. The molecule has 0 bridgehead atoms. The average Bonchev–Trinajstić information content (AvgIpc) is 2.30. The number of benzene rings is 1. The number of nitrogens with two attached hydrogens (primary N) is 1. The topological polar surface area (TPSA) is 58.4 Å². The second kappa shape index (κ2) is 6.40. The molecule has 0 aliphatic carbocycles. The van der Waals surface area contributed by atoms with Crippen molar-refractivity contribution >= 4 is 17.3 Å². The zero-order valence-electron chi connectivity index (χ0n) is 11.6. The SMILES string of the molecule is CC(C)C(C)N(C)CC(=O)Nc1ccccc1N. The van der Waals surface area contributed by atoms with Gasteiger partial charge in [0, 0.05) is 6.04 Å². The van der Waals surface area contributed by atoms with Crippen LogP contribution in [0.5, 0.6) is 0 Å². The normalized spacial score (nSPS) is 12.8. The molecule has 4 heteroatoms. The molecule has 1 aromatic carbocycles. The van der Waals surface area contributed by atoms with E-state index in [1.54, 1.807) is 12.1 Å². The zero-order chi connectivity index (χ0) is 13.7. The van der Waals surface area contributed by atoms with Gasteiger partial charge in [-0.05, 0) is 32.0 Å². The third-order valence-corrected chi connectivity index (χ3v) is 3.29. The lowest BCUT2D eigenvalue weighted by molar-refractivity contribution is -0.117. The zero-order valence-corrected chi connectivity index (χ0v) is 11.6. The molecule has 1 amide bonds. The first-order valence-corrected chi connectivity index (χ1v) is 6.26. The Balaban J connectivity index is 2.55. The van der Waals surface area contributed by atoms with Gasteiger partial charge in [0.1, 0.15) is 0 Å². The molecule has 3 N–H and O–H groups in total. The summed E-state index contributed by atoms with van der Waals surface area (Å²) in [5.74, 6) is 0.479. The van der Waals surface area contributed by atoms with Gasteiger partial charge in [0.25, 0.3) is 0 Å². The molecule has 0 aliphatic rings. The van der Waals surface area contributed by atoms with Gasteiger partial charge in [-0.25, -0.2) is 0 Å². The Morgan fingerprint density at radius 3 is 2.50 bits per heavy atom. The van der Waals surface area contributed by atoms with E-state index in [9.17, 15) is 4.79 Å². The van der Waals surface area contributed by atoms with Crippen LogP contribution < -0.4 is 11.1 Å². The number of hydrogen-bond donors (Lipinski definition) is 2. The summed E-state index contributed by atoms with van der Waals surface area (Å²) in [5.41, 5.74) is 7.04. The van der Waals surface area contributed by atoms with Gasteiger partial charge in [0.2, 0.25) is 5.91 Å². The van der Waals surface area contributed by atoms with Crippen molar-refractivity contribution in [3.8, 4) is 0 Å². The van der Waals surface area contributed by atoms with Crippen LogP contribution in [0.1, 0.15) is 20.8 Å². The van der Waals surface area contributed by atoms with E-state index in [-0.39, 0.29) is 5.91 Å². The molecule has 0 spiro atoms. The largest absolute Gasteiger partial charge is 0.397 e. The van der Waals surface area contributed by atoms with Crippen molar-refractivity contribution in [1.82, 2.24) is 4.90 Å². The first-order chi connectivity index (χ1) is 8.41. The third kappa shape index (κ3) is 4.04. The van der Waals surface area contributed by atoms with Crippen LogP contribution in [-0.4, -0.2) is 30.4 Å². The molecule has 4 nitrogen and oxygen atoms in total. The quantitative estimate of drug-likeness (QED) is 0.786. The molecule has 1 atom stereocenters. The number of nitrogen functional groups attached to an aromatic ring is 1. The minimum absolute atomic E-state index is 0.0390. The van der Waals surface area contributed by atoms with E-state index in [0.29, 0.717) is 29.9 Å². The monoisotopic (exact) mass is 249 g/mol. The smallest absolute Gasteiger partial charge is 0.238 e. The summed E-state index contributed by atoms with van der Waals surface area (Å²) in [6.45, 7) is 6.78. The van der Waals surface area contributed by atoms with E-state index in [0.717, 1.165) is 0 Å². The lowest BCUT2D eigenvalue weighted by Crippen LogP contribution is -2.39. The van der Waals surface area contributed by atoms with Crippen LogP contribution in [0.25, 0.3) is 0 Å². The number of hydrogen-bond acceptors (Lipinski definition) is 3. The molecule has 1 rings (SSSR count). The first kappa shape index (κ1) is 14.5. The van der Waals surface area contributed by atoms with E-state index in [1.165, 1.54) is 0 Å². The highest BCUT2D eigenvalue weighted by atomic mass is 16.2. The predicted molar refractivity (Wildman–Crippen MR) is 76.4 cm³/mol. The second-order valence-electron chi connectivity index (χ2n) is 5.04. The highest BCUT2D eigenvalue weighted by molar-refractivity contribution is 5.95. The molecule has 100 valence electrons. The number of nitrogens with one attached hydrogen (secondary N) is 1. The highest BCUT2D eigenvalue weighted by Gasteiger charge is 2.16. The molecule has 1 unspecified atom stereocenters. The Labute approximate surface area is 109 Å². The summed E-state index contributed by atoms with van der Waals surface area (Å²) < 4.78 is 0. The van der Waals surface area contributed by atoms with E-state index < -0.39 is 0 Å². The van der Waals surface area contributed by atoms with Gasteiger partial charge in [-0.2, -0.15) is 0 Å². The number of likely N-dealkylation sites (N-methyl/N-ethyl adjacent to an activating group) is 1. The molecule has 18 heavy (non-hydrogen) atoms. The molecular formula is C14H23N3O. The van der Waals surface area contributed by atoms with E-state index >= 15 is 0 Å². The standard InChI is InChI=1S/C14H23N3O/c1-10(2)11(3)17(4)9-14(18)16-13-8-6-5-7-12(13)15/h5-8,10-11H,9,15H2,1-4H3,(H,16,18). The molecule has 0 aromatic heterocycles. The first-order valence-electron chi connectivity index (χ1n) is 6.26. The number of nitrogens with zero attached hydrogens (tertiary/aromatic N) is 1. The molecule has 0 heterocycles. The van der Waals surface area contributed by atoms with Gasteiger partial charge in [0.05, 0.1) is 17.9 Å². The predicted octanol–water partition coefficient (Wildman–Crippen LogP) is 2.18. The van der Waals surface area contributed by atoms with Crippen molar-refractivity contribution in [2.45, 2.75) is 26.8 Å². The maximum absolute atomic E-state index is 11.9. The summed E-state index contributed by atoms with van der Waals surface area (Å²) >= 11 is 0. The van der Waals surface area contributed by atoms with Crippen LogP contribution in [0, 0.1) is 5.92 Å². The van der Waals surface area contributed by atoms with Crippen molar-refractivity contribution < 1.29 is 4.79 Å². The molecule has 0 aliphatic heterocycles. The summed E-state index contributed by atoms with van der Waals surface area (Å²) in [7, 11) is 1.96. The molecule has 1 aromatic rings. The van der Waals surface area contributed by atoms with E-state index in [2.05, 4.69) is 26.1 Å². The Morgan fingerprint density at radius 1 is 1.33 bits per heavy atom. The molecule has 0 radical (unpaired) electrons. The number of para-hydroxylation sites is 2. The van der Waals surface area contributed by atoms with Gasteiger partial charge in [0.15, 0.2) is 0 Å². The summed E-state index contributed by atoms with van der Waals surface area (Å²) in [6.07, 6.45) is 0. The highest BCUT2D eigenvalue weighted by Crippen LogP contribution is 2.16. The van der Waals surface area contributed by atoms with Gasteiger partial charge >= 0.3 is 0 Å². The van der Waals surface area contributed by atoms with E-state index in [4.69, 9.17) is 5.73 Å². The lowest BCUT2D eigenvalue weighted by Gasteiger charge is -2.27. The summed E-state index contributed by atoms with van der Waals surface area (Å²) in [6, 6.07) is 7.64. The van der Waals surface area contributed by atoms with Gasteiger partial charge in [-0.3, -0.25) is 9.69 Å². The van der Waals surface area contributed by atoms with E-state index in [1.807, 2.05) is 24.1 Å². The van der Waals surface area contributed by atoms with Crippen LogP contribution >= 0.6 is 0 Å². The van der Waals surface area contributed by atoms with Crippen LogP contribution in [0.3, 0.4) is 0 Å². The second-order valence-corrected chi connectivity index (χ2v) is 5.04. The average molecular weight is 249 g/mol. The Kier molecular flexibility index (Phi) is 5.16. The Bertz CT molecular complexity index is 404. The van der Waals surface area contributed by atoms with Gasteiger partial charge in [-0.15, -0.1) is 0 Å². The molecular weight excluding hydrogens is 226 g/mol. The van der Waals surface area contributed by atoms with Crippen LogP contribution in [0.4, 0.5) is 11.4 Å². The van der Waals surface area contributed by atoms with Crippen molar-refractivity contribution in [1.29, 1.82) is 0 Å². The van der Waals surface area contributed by atoms with Crippen molar-refractivity contribution in [3.05, 3.63) is 24.3 Å². The van der Waals surface area contributed by atoms with Gasteiger partial charge in [-0.1, -0.05) is 26.0 Å². The lowest BCUT2D eigenvalue weighted by atomic mass is 10.1. The summed E-state index contributed by atoms with van der Waals surface area (Å²) in [5, 5.41) is 2.83. The van der Waals surface area contributed by atoms with Crippen LogP contribution in [0.15, 0.2) is 24.3 Å². The maximum Gasteiger partial charge on any atom is 0.238 e. The third-order valence-electron chi connectivity index (χ3n) is 3.29. The number of carbonyl (C=O) groups is 1. The Hall–Kier alpha value is -1.55. The number of rotatable bonds is 5. The van der Waals surface area contributed by atoms with Gasteiger partial charge < -0.3 is 11.1 Å². The number of carbonyl (C=O) groups excluding carboxylic acids is 1. The van der Waals surface area contributed by atoms with Crippen molar-refractivity contribution in [2.75, 3.05) is 24.6 Å². The maximum atomic E-state index is 11.9. The minimum atomic E-state index is -0.0390. The van der Waals surface area contributed by atoms with Crippen molar-refractivity contribution in [3.63, 3.8) is 0 Å². The Morgan fingerprint density at radius 2 is 1.94 bits per heavy atom. The fraction of sp³-hybridized carbons (Fsp3) is 0.500. The summed E-state index contributed by atoms with van der Waals surface area (Å²) in [4.78, 5) is 13.9. The minimum Gasteiger partial charge on any atom is -0.397 e. The number of amides is 1.